The molecule has 3 fully saturated rings. The molecule has 0 bridgehead atoms. The lowest BCUT2D eigenvalue weighted by Crippen LogP contribution is -2.56. The normalized spacial score (nSPS) is 33.2. The van der Waals surface area contributed by atoms with Gasteiger partial charge in [0.25, 0.3) is 10.2 Å². The first kappa shape index (κ1) is 15.7. The van der Waals surface area contributed by atoms with Crippen LogP contribution in [0.4, 0.5) is 0 Å². The molecule has 122 valence electrons. The molecule has 3 aliphatic rings. The van der Waals surface area contributed by atoms with Gasteiger partial charge in [-0.15, -0.1) is 0 Å². The number of rotatable bonds is 5. The van der Waals surface area contributed by atoms with E-state index < -0.39 is 10.2 Å². The predicted molar refractivity (Wildman–Crippen MR) is 81.3 cm³/mol. The molecule has 7 heteroatoms. The third-order valence-electron chi connectivity index (χ3n) is 4.62. The third kappa shape index (κ3) is 3.76. The summed E-state index contributed by atoms with van der Waals surface area (Å²) < 4.78 is 34.7. The Morgan fingerprint density at radius 2 is 2.00 bits per heavy atom. The molecule has 2 aliphatic heterocycles. The fourth-order valence-corrected chi connectivity index (χ4v) is 5.13. The van der Waals surface area contributed by atoms with E-state index in [1.54, 1.807) is 8.61 Å². The molecule has 2 unspecified atom stereocenters. The first-order valence-corrected chi connectivity index (χ1v) is 9.59. The number of nitrogens with one attached hydrogen (secondary N) is 1. The lowest BCUT2D eigenvalue weighted by Gasteiger charge is -2.40. The molecular weight excluding hydrogens is 290 g/mol. The van der Waals surface area contributed by atoms with Crippen LogP contribution in [-0.4, -0.2) is 68.0 Å². The molecular formula is C14H27N3O3S. The van der Waals surface area contributed by atoms with Crippen molar-refractivity contribution >= 4 is 10.2 Å². The van der Waals surface area contributed by atoms with E-state index in [1.807, 2.05) is 6.92 Å². The standard InChI is InChI=1S/C14H27N3O3S/c1-12-11-16(8-9-20-12)21(18,19)17-7-3-2-4-14(17)10-15-13-5-6-13/h12-15H,2-11H2,1H3. The molecule has 0 spiro atoms. The van der Waals surface area contributed by atoms with Crippen molar-refractivity contribution in [1.29, 1.82) is 0 Å². The summed E-state index contributed by atoms with van der Waals surface area (Å²) in [6, 6.07) is 0.738. The molecule has 2 saturated heterocycles. The minimum atomic E-state index is -3.35. The van der Waals surface area contributed by atoms with Crippen molar-refractivity contribution in [3.05, 3.63) is 0 Å². The van der Waals surface area contributed by atoms with Crippen molar-refractivity contribution in [3.8, 4) is 0 Å². The summed E-state index contributed by atoms with van der Waals surface area (Å²) in [7, 11) is -3.35. The molecule has 2 atom stereocenters. The highest BCUT2D eigenvalue weighted by Crippen LogP contribution is 2.25. The molecule has 3 rings (SSSR count). The second-order valence-electron chi connectivity index (χ2n) is 6.49. The Balaban J connectivity index is 1.67. The van der Waals surface area contributed by atoms with Crippen LogP contribution >= 0.6 is 0 Å². The van der Waals surface area contributed by atoms with Gasteiger partial charge in [-0.2, -0.15) is 17.0 Å². The van der Waals surface area contributed by atoms with Gasteiger partial charge in [0.2, 0.25) is 0 Å². The summed E-state index contributed by atoms with van der Waals surface area (Å²) in [6.07, 6.45) is 5.53. The van der Waals surface area contributed by atoms with E-state index in [0.717, 1.165) is 25.8 Å². The predicted octanol–water partition coefficient (Wildman–Crippen LogP) is 0.558. The van der Waals surface area contributed by atoms with Crippen LogP contribution in [0, 0.1) is 0 Å². The fraction of sp³-hybridized carbons (Fsp3) is 1.00. The van der Waals surface area contributed by atoms with Crippen LogP contribution < -0.4 is 5.32 Å². The zero-order valence-electron chi connectivity index (χ0n) is 12.8. The zero-order valence-corrected chi connectivity index (χ0v) is 13.6. The summed E-state index contributed by atoms with van der Waals surface area (Å²) in [5.74, 6) is 0. The monoisotopic (exact) mass is 317 g/mol. The highest BCUT2D eigenvalue weighted by molar-refractivity contribution is 7.86. The lowest BCUT2D eigenvalue weighted by molar-refractivity contribution is 0.00734. The maximum atomic E-state index is 12.9. The van der Waals surface area contributed by atoms with Gasteiger partial charge in [0, 0.05) is 38.3 Å². The average Bonchev–Trinajstić information content (AvgIpc) is 3.29. The molecule has 0 radical (unpaired) electrons. The zero-order chi connectivity index (χ0) is 14.9. The topological polar surface area (TPSA) is 61.9 Å². The van der Waals surface area contributed by atoms with Crippen LogP contribution in [0.2, 0.25) is 0 Å². The molecule has 0 aromatic carbocycles. The molecule has 1 aliphatic carbocycles. The molecule has 21 heavy (non-hydrogen) atoms. The fourth-order valence-electron chi connectivity index (χ4n) is 3.22. The van der Waals surface area contributed by atoms with Crippen molar-refractivity contribution in [2.24, 2.45) is 0 Å². The molecule has 1 saturated carbocycles. The Bertz CT molecular complexity index is 452. The van der Waals surface area contributed by atoms with Gasteiger partial charge in [0.1, 0.15) is 0 Å². The van der Waals surface area contributed by atoms with Crippen molar-refractivity contribution in [2.75, 3.05) is 32.8 Å². The number of hydrogen-bond donors (Lipinski definition) is 1. The summed E-state index contributed by atoms with van der Waals surface area (Å²) in [4.78, 5) is 0. The molecule has 1 N–H and O–H groups in total. The van der Waals surface area contributed by atoms with E-state index in [0.29, 0.717) is 32.3 Å². The largest absolute Gasteiger partial charge is 0.376 e. The highest BCUT2D eigenvalue weighted by Gasteiger charge is 2.38. The molecule has 0 aromatic heterocycles. The lowest BCUT2D eigenvalue weighted by atomic mass is 10.1. The Hall–Kier alpha value is -0.210. The van der Waals surface area contributed by atoms with E-state index >= 15 is 0 Å². The Morgan fingerprint density at radius 3 is 2.71 bits per heavy atom. The minimum Gasteiger partial charge on any atom is -0.376 e. The molecule has 2 heterocycles. The SMILES string of the molecule is CC1CN(S(=O)(=O)N2CCCCC2CNC2CC2)CCO1. The molecule has 0 amide bonds. The van der Waals surface area contributed by atoms with Crippen LogP contribution in [-0.2, 0) is 14.9 Å². The second kappa shape index (κ2) is 6.50. The van der Waals surface area contributed by atoms with Crippen LogP contribution in [0.1, 0.15) is 39.0 Å². The van der Waals surface area contributed by atoms with E-state index in [4.69, 9.17) is 4.74 Å². The number of nitrogens with zero attached hydrogens (tertiary/aromatic N) is 2. The van der Waals surface area contributed by atoms with Crippen LogP contribution in [0.25, 0.3) is 0 Å². The summed E-state index contributed by atoms with van der Waals surface area (Å²) in [5.41, 5.74) is 0. The number of morpholine rings is 1. The smallest absolute Gasteiger partial charge is 0.282 e. The Kier molecular flexibility index (Phi) is 4.85. The van der Waals surface area contributed by atoms with Gasteiger partial charge in [-0.05, 0) is 32.6 Å². The maximum absolute atomic E-state index is 12.9. The van der Waals surface area contributed by atoms with Crippen molar-refractivity contribution < 1.29 is 13.2 Å². The Labute approximate surface area is 128 Å². The van der Waals surface area contributed by atoms with Gasteiger partial charge in [-0.3, -0.25) is 0 Å². The van der Waals surface area contributed by atoms with Crippen LogP contribution in [0.15, 0.2) is 0 Å². The summed E-state index contributed by atoms with van der Waals surface area (Å²) >= 11 is 0. The van der Waals surface area contributed by atoms with Gasteiger partial charge in [0.15, 0.2) is 0 Å². The Morgan fingerprint density at radius 1 is 1.19 bits per heavy atom. The number of ether oxygens (including phenoxy) is 1. The van der Waals surface area contributed by atoms with Crippen molar-refractivity contribution in [1.82, 2.24) is 13.9 Å². The second-order valence-corrected chi connectivity index (χ2v) is 8.37. The van der Waals surface area contributed by atoms with Crippen molar-refractivity contribution in [2.45, 2.75) is 57.2 Å². The van der Waals surface area contributed by atoms with E-state index in [-0.39, 0.29) is 12.1 Å². The maximum Gasteiger partial charge on any atom is 0.282 e. The third-order valence-corrected chi connectivity index (χ3v) is 6.68. The van der Waals surface area contributed by atoms with Gasteiger partial charge >= 0.3 is 0 Å². The summed E-state index contributed by atoms with van der Waals surface area (Å²) in [6.45, 7) is 4.84. The molecule has 0 aromatic rings. The van der Waals surface area contributed by atoms with Gasteiger partial charge < -0.3 is 10.1 Å². The van der Waals surface area contributed by atoms with Crippen molar-refractivity contribution in [3.63, 3.8) is 0 Å². The van der Waals surface area contributed by atoms with E-state index in [2.05, 4.69) is 5.32 Å². The van der Waals surface area contributed by atoms with Crippen LogP contribution in [0.5, 0.6) is 0 Å². The first-order chi connectivity index (χ1) is 10.1. The average molecular weight is 317 g/mol. The highest BCUT2D eigenvalue weighted by atomic mass is 32.2. The van der Waals surface area contributed by atoms with Gasteiger partial charge in [-0.25, -0.2) is 0 Å². The number of hydrogen-bond acceptors (Lipinski definition) is 4. The van der Waals surface area contributed by atoms with Gasteiger partial charge in [-0.1, -0.05) is 6.42 Å². The van der Waals surface area contributed by atoms with E-state index in [9.17, 15) is 8.42 Å². The summed E-state index contributed by atoms with van der Waals surface area (Å²) in [5, 5.41) is 3.49. The van der Waals surface area contributed by atoms with E-state index in [1.165, 1.54) is 12.8 Å². The van der Waals surface area contributed by atoms with Crippen LogP contribution in [0.3, 0.4) is 0 Å². The number of piperidine rings is 1. The molecule has 6 nitrogen and oxygen atoms in total. The first-order valence-electron chi connectivity index (χ1n) is 8.19. The minimum absolute atomic E-state index is 0.0126. The quantitative estimate of drug-likeness (QED) is 0.805. The van der Waals surface area contributed by atoms with Gasteiger partial charge in [0.05, 0.1) is 12.7 Å².